The van der Waals surface area contributed by atoms with Gasteiger partial charge in [0.15, 0.2) is 0 Å². The monoisotopic (exact) mass is 264 g/mol. The van der Waals surface area contributed by atoms with Crippen LogP contribution in [0.2, 0.25) is 0 Å². The minimum Gasteiger partial charge on any atom is -0.459 e. The molecular formula is C14H16O5. The predicted octanol–water partition coefficient (Wildman–Crippen LogP) is 1.52. The smallest absolute Gasteiger partial charge is 0.379 e. The van der Waals surface area contributed by atoms with Gasteiger partial charge in [0, 0.05) is 11.1 Å². The summed E-state index contributed by atoms with van der Waals surface area (Å²) in [5.41, 5.74) is 0.323. The summed E-state index contributed by atoms with van der Waals surface area (Å²) in [6, 6.07) is 0. The maximum Gasteiger partial charge on any atom is 0.379 e. The third kappa shape index (κ3) is 6.16. The van der Waals surface area contributed by atoms with Crippen molar-refractivity contribution in [2.45, 2.75) is 6.92 Å². The molecule has 0 spiro atoms. The van der Waals surface area contributed by atoms with Crippen molar-refractivity contribution in [2.24, 2.45) is 0 Å². The number of esters is 2. The minimum absolute atomic E-state index is 0.0823. The molecule has 19 heavy (non-hydrogen) atoms. The van der Waals surface area contributed by atoms with Crippen LogP contribution < -0.4 is 0 Å². The fraction of sp³-hybridized carbons (Fsp3) is 0.214. The molecule has 0 aromatic heterocycles. The van der Waals surface area contributed by atoms with Gasteiger partial charge in [0.2, 0.25) is 0 Å². The first-order chi connectivity index (χ1) is 8.93. The van der Waals surface area contributed by atoms with Crippen LogP contribution in [0.3, 0.4) is 0 Å². The van der Waals surface area contributed by atoms with Gasteiger partial charge in [0.1, 0.15) is 13.2 Å². The second kappa shape index (κ2) is 8.63. The zero-order valence-electron chi connectivity index (χ0n) is 10.8. The van der Waals surface area contributed by atoms with E-state index in [1.54, 1.807) is 0 Å². The number of ketones is 1. The van der Waals surface area contributed by atoms with E-state index in [2.05, 4.69) is 29.2 Å². The summed E-state index contributed by atoms with van der Waals surface area (Å²) >= 11 is 0. The molecule has 0 saturated carbocycles. The van der Waals surface area contributed by atoms with E-state index < -0.39 is 17.7 Å². The van der Waals surface area contributed by atoms with Crippen molar-refractivity contribution in [1.29, 1.82) is 0 Å². The Hall–Kier alpha value is -2.43. The summed E-state index contributed by atoms with van der Waals surface area (Å²) < 4.78 is 9.33. The molecule has 0 N–H and O–H groups in total. The van der Waals surface area contributed by atoms with Crippen LogP contribution in [0, 0.1) is 0 Å². The van der Waals surface area contributed by atoms with E-state index in [4.69, 9.17) is 0 Å². The molecule has 0 aromatic rings. The average molecular weight is 264 g/mol. The van der Waals surface area contributed by atoms with Crippen molar-refractivity contribution in [3.05, 3.63) is 49.1 Å². The minimum atomic E-state index is -1.04. The Morgan fingerprint density at radius 2 is 1.58 bits per heavy atom. The summed E-state index contributed by atoms with van der Waals surface area (Å²) in [7, 11) is 0. The Labute approximate surface area is 111 Å². The van der Waals surface area contributed by atoms with Gasteiger partial charge in [-0.2, -0.15) is 0 Å². The van der Waals surface area contributed by atoms with Crippen molar-refractivity contribution in [2.75, 3.05) is 13.2 Å². The van der Waals surface area contributed by atoms with E-state index in [9.17, 15) is 14.4 Å². The molecule has 0 heterocycles. The third-order valence-electron chi connectivity index (χ3n) is 1.86. The Bertz CT molecular complexity index is 443. The molecule has 102 valence electrons. The van der Waals surface area contributed by atoms with Crippen molar-refractivity contribution in [1.82, 2.24) is 0 Å². The van der Waals surface area contributed by atoms with E-state index in [-0.39, 0.29) is 24.4 Å². The van der Waals surface area contributed by atoms with Gasteiger partial charge in [-0.25, -0.2) is 9.59 Å². The number of hydrogen-bond donors (Lipinski definition) is 0. The average Bonchev–Trinajstić information content (AvgIpc) is 2.39. The number of hydrogen-bond acceptors (Lipinski definition) is 5. The summed E-state index contributed by atoms with van der Waals surface area (Å²) in [6.07, 6.45) is 3.93. The molecule has 0 radical (unpaired) electrons. The van der Waals surface area contributed by atoms with Crippen LogP contribution in [-0.2, 0) is 23.9 Å². The predicted molar refractivity (Wildman–Crippen MR) is 70.2 cm³/mol. The van der Waals surface area contributed by atoms with Crippen molar-refractivity contribution in [3.8, 4) is 0 Å². The second-order valence-corrected chi connectivity index (χ2v) is 3.44. The lowest BCUT2D eigenvalue weighted by Gasteiger charge is -2.05. The summed E-state index contributed by atoms with van der Waals surface area (Å²) in [4.78, 5) is 33.9. The molecule has 0 aliphatic carbocycles. The summed E-state index contributed by atoms with van der Waals surface area (Å²) in [5.74, 6) is -2.46. The van der Waals surface area contributed by atoms with Crippen LogP contribution in [-0.4, -0.2) is 30.9 Å². The molecule has 5 nitrogen and oxygen atoms in total. The van der Waals surface area contributed by atoms with Crippen LogP contribution in [0.1, 0.15) is 6.92 Å². The van der Waals surface area contributed by atoms with Crippen LogP contribution >= 0.6 is 0 Å². The molecule has 0 aliphatic heterocycles. The third-order valence-corrected chi connectivity index (χ3v) is 1.86. The molecule has 0 atom stereocenters. The number of allylic oxidation sites excluding steroid dienone is 3. The van der Waals surface area contributed by atoms with Gasteiger partial charge in [0.25, 0.3) is 5.78 Å². The lowest BCUT2D eigenvalue weighted by Crippen LogP contribution is -2.21. The SMILES string of the molecule is C=C/C=C(\C=C)C(=O)C(=O)OCCOC(=O)C(=C)C. The van der Waals surface area contributed by atoms with Crippen LogP contribution in [0.25, 0.3) is 0 Å². The fourth-order valence-corrected chi connectivity index (χ4v) is 0.939. The summed E-state index contributed by atoms with van der Waals surface area (Å²) in [6.45, 7) is 11.3. The fourth-order valence-electron chi connectivity index (χ4n) is 0.939. The molecule has 5 heteroatoms. The zero-order chi connectivity index (χ0) is 14.8. The zero-order valence-corrected chi connectivity index (χ0v) is 10.8. The van der Waals surface area contributed by atoms with Gasteiger partial charge in [0.05, 0.1) is 0 Å². The molecule has 0 unspecified atom stereocenters. The maximum atomic E-state index is 11.5. The van der Waals surface area contributed by atoms with Crippen molar-refractivity contribution < 1.29 is 23.9 Å². The van der Waals surface area contributed by atoms with E-state index in [1.807, 2.05) is 0 Å². The molecule has 0 bridgehead atoms. The molecule has 0 saturated heterocycles. The first-order valence-electron chi connectivity index (χ1n) is 5.43. The normalized spacial score (nSPS) is 10.3. The second-order valence-electron chi connectivity index (χ2n) is 3.44. The molecule has 0 fully saturated rings. The Morgan fingerprint density at radius 3 is 2.00 bits per heavy atom. The van der Waals surface area contributed by atoms with Crippen molar-refractivity contribution >= 4 is 17.7 Å². The number of ether oxygens (including phenoxy) is 2. The standard InChI is InChI=1S/C14H16O5/c1-5-7-11(6-2)12(15)14(17)19-9-8-18-13(16)10(3)4/h5-7H,1-3,8-9H2,4H3/b11-7+. The highest BCUT2D eigenvalue weighted by atomic mass is 16.6. The maximum absolute atomic E-state index is 11.5. The van der Waals surface area contributed by atoms with Gasteiger partial charge < -0.3 is 9.47 Å². The van der Waals surface area contributed by atoms with Crippen LogP contribution in [0.4, 0.5) is 0 Å². The number of rotatable bonds is 8. The van der Waals surface area contributed by atoms with Crippen LogP contribution in [0.5, 0.6) is 0 Å². The van der Waals surface area contributed by atoms with E-state index in [0.29, 0.717) is 0 Å². The lowest BCUT2D eigenvalue weighted by molar-refractivity contribution is -0.155. The van der Waals surface area contributed by atoms with E-state index in [0.717, 1.165) is 0 Å². The molecular weight excluding hydrogens is 248 g/mol. The Morgan fingerprint density at radius 1 is 1.05 bits per heavy atom. The topological polar surface area (TPSA) is 69.7 Å². The van der Waals surface area contributed by atoms with Gasteiger partial charge in [-0.3, -0.25) is 4.79 Å². The van der Waals surface area contributed by atoms with E-state index in [1.165, 1.54) is 25.2 Å². The Kier molecular flexibility index (Phi) is 7.53. The van der Waals surface area contributed by atoms with Gasteiger partial charge in [-0.05, 0) is 6.92 Å². The molecule has 0 rings (SSSR count). The van der Waals surface area contributed by atoms with Crippen LogP contribution in [0.15, 0.2) is 49.1 Å². The quantitative estimate of drug-likeness (QED) is 0.218. The number of Topliss-reactive ketones (excluding diaryl/α,β-unsaturated/α-hetero) is 1. The lowest BCUT2D eigenvalue weighted by atomic mass is 10.1. The summed E-state index contributed by atoms with van der Waals surface area (Å²) in [5, 5.41) is 0. The molecule has 0 amide bonds. The van der Waals surface area contributed by atoms with Crippen molar-refractivity contribution in [3.63, 3.8) is 0 Å². The molecule has 0 aromatic carbocycles. The highest BCUT2D eigenvalue weighted by molar-refractivity contribution is 6.41. The van der Waals surface area contributed by atoms with Gasteiger partial charge in [-0.1, -0.05) is 38.0 Å². The highest BCUT2D eigenvalue weighted by Gasteiger charge is 2.18. The first-order valence-corrected chi connectivity index (χ1v) is 5.43. The Balaban J connectivity index is 4.19. The molecule has 0 aliphatic rings. The van der Waals surface area contributed by atoms with E-state index >= 15 is 0 Å². The number of carbonyl (C=O) groups is 3. The highest BCUT2D eigenvalue weighted by Crippen LogP contribution is 2.00. The van der Waals surface area contributed by atoms with Gasteiger partial charge in [-0.15, -0.1) is 0 Å². The largest absolute Gasteiger partial charge is 0.459 e. The first kappa shape index (κ1) is 16.6. The number of carbonyl (C=O) groups excluding carboxylic acids is 3. The van der Waals surface area contributed by atoms with Gasteiger partial charge >= 0.3 is 11.9 Å².